The summed E-state index contributed by atoms with van der Waals surface area (Å²) in [6.45, 7) is 3.77. The van der Waals surface area contributed by atoms with Crippen molar-refractivity contribution in [2.75, 3.05) is 0 Å². The maximum Gasteiger partial charge on any atom is 0.243 e. The van der Waals surface area contributed by atoms with Gasteiger partial charge in [0.15, 0.2) is 0 Å². The van der Waals surface area contributed by atoms with E-state index in [2.05, 4.69) is 22.2 Å². The summed E-state index contributed by atoms with van der Waals surface area (Å²) in [6.07, 6.45) is 4.53. The summed E-state index contributed by atoms with van der Waals surface area (Å²) >= 11 is 0. The average Bonchev–Trinajstić information content (AvgIpc) is 3.14. The smallest absolute Gasteiger partial charge is 0.243 e. The van der Waals surface area contributed by atoms with Gasteiger partial charge >= 0.3 is 0 Å². The zero-order valence-corrected chi connectivity index (χ0v) is 12.8. The van der Waals surface area contributed by atoms with Gasteiger partial charge in [-0.15, -0.1) is 5.10 Å². The second-order valence-electron chi connectivity index (χ2n) is 5.12. The fraction of sp³-hybridized carbons (Fsp3) is 0.0556. The van der Waals surface area contributed by atoms with Crippen molar-refractivity contribution in [2.24, 2.45) is 0 Å². The highest BCUT2D eigenvalue weighted by atomic mass is 19.1. The molecule has 0 aliphatic carbocycles. The number of hydrogen-bond donors (Lipinski definition) is 1. The van der Waals surface area contributed by atoms with Crippen molar-refractivity contribution in [3.05, 3.63) is 78.9 Å². The third-order valence-corrected chi connectivity index (χ3v) is 3.57. The molecule has 3 rings (SSSR count). The number of amides is 1. The first kappa shape index (κ1) is 15.6. The molecule has 2 aromatic carbocycles. The Morgan fingerprint density at radius 3 is 2.62 bits per heavy atom. The van der Waals surface area contributed by atoms with Crippen LogP contribution in [0.5, 0.6) is 0 Å². The monoisotopic (exact) mass is 322 g/mol. The molecule has 0 atom stereocenters. The summed E-state index contributed by atoms with van der Waals surface area (Å²) in [7, 11) is 0. The highest BCUT2D eigenvalue weighted by Gasteiger charge is 2.09. The zero-order chi connectivity index (χ0) is 16.9. The van der Waals surface area contributed by atoms with E-state index in [9.17, 15) is 9.18 Å². The van der Waals surface area contributed by atoms with Crippen molar-refractivity contribution in [3.63, 3.8) is 0 Å². The van der Waals surface area contributed by atoms with Crippen LogP contribution in [0.2, 0.25) is 0 Å². The molecule has 24 heavy (non-hydrogen) atoms. The molecule has 5 nitrogen and oxygen atoms in total. The zero-order valence-electron chi connectivity index (χ0n) is 12.8. The van der Waals surface area contributed by atoms with Gasteiger partial charge in [0, 0.05) is 6.54 Å². The number of nitrogens with one attached hydrogen (secondary N) is 1. The van der Waals surface area contributed by atoms with Crippen LogP contribution in [0.3, 0.4) is 0 Å². The highest BCUT2D eigenvalue weighted by molar-refractivity contribution is 5.86. The Bertz CT molecular complexity index is 857. The molecular formula is C18H15FN4O. The van der Waals surface area contributed by atoms with Crippen molar-refractivity contribution >= 4 is 5.91 Å². The molecule has 0 aliphatic heterocycles. The average molecular weight is 322 g/mol. The molecule has 0 fully saturated rings. The molecule has 0 unspecified atom stereocenters. The fourth-order valence-corrected chi connectivity index (χ4v) is 2.34. The van der Waals surface area contributed by atoms with Crippen LogP contribution >= 0.6 is 0 Å². The Labute approximate surface area is 138 Å². The summed E-state index contributed by atoms with van der Waals surface area (Å²) in [4.78, 5) is 11.4. The Hall–Kier alpha value is -3.28. The maximum absolute atomic E-state index is 13.1. The number of carbonyl (C=O) groups is 1. The van der Waals surface area contributed by atoms with E-state index in [1.165, 1.54) is 18.2 Å². The van der Waals surface area contributed by atoms with Crippen LogP contribution in [0.1, 0.15) is 5.56 Å². The number of benzene rings is 2. The lowest BCUT2D eigenvalue weighted by Crippen LogP contribution is -2.21. The molecule has 0 radical (unpaired) electrons. The molecule has 0 spiro atoms. The van der Waals surface area contributed by atoms with Gasteiger partial charge in [0.25, 0.3) is 0 Å². The molecular weight excluding hydrogens is 307 g/mol. The fourth-order valence-electron chi connectivity index (χ4n) is 2.34. The van der Waals surface area contributed by atoms with Crippen LogP contribution in [-0.2, 0) is 11.3 Å². The Balaban J connectivity index is 1.99. The van der Waals surface area contributed by atoms with Crippen molar-refractivity contribution in [1.29, 1.82) is 0 Å². The molecule has 120 valence electrons. The van der Waals surface area contributed by atoms with Gasteiger partial charge in [-0.05, 0) is 41.0 Å². The van der Waals surface area contributed by atoms with Crippen LogP contribution in [0, 0.1) is 5.82 Å². The normalized spacial score (nSPS) is 10.4. The molecule has 0 saturated carbocycles. The number of nitrogens with zero attached hydrogens (tertiary/aromatic N) is 3. The Morgan fingerprint density at radius 1 is 1.21 bits per heavy atom. The summed E-state index contributed by atoms with van der Waals surface area (Å²) in [5.74, 6) is -0.527. The first-order valence-corrected chi connectivity index (χ1v) is 7.33. The van der Waals surface area contributed by atoms with Crippen LogP contribution < -0.4 is 5.32 Å². The van der Waals surface area contributed by atoms with Gasteiger partial charge in [-0.3, -0.25) is 4.79 Å². The predicted molar refractivity (Wildman–Crippen MR) is 88.8 cm³/mol. The first-order chi connectivity index (χ1) is 11.7. The van der Waals surface area contributed by atoms with Crippen molar-refractivity contribution < 1.29 is 9.18 Å². The highest BCUT2D eigenvalue weighted by Crippen LogP contribution is 2.25. The molecule has 1 heterocycles. The molecule has 0 saturated heterocycles. The predicted octanol–water partition coefficient (Wildman–Crippen LogP) is 2.88. The van der Waals surface area contributed by atoms with Crippen LogP contribution in [0.4, 0.5) is 4.39 Å². The van der Waals surface area contributed by atoms with Crippen LogP contribution in [-0.4, -0.2) is 20.9 Å². The molecule has 1 aromatic heterocycles. The van der Waals surface area contributed by atoms with E-state index in [-0.39, 0.29) is 11.7 Å². The van der Waals surface area contributed by atoms with Gasteiger partial charge in [0.1, 0.15) is 5.82 Å². The van der Waals surface area contributed by atoms with Crippen LogP contribution in [0.25, 0.3) is 16.8 Å². The maximum atomic E-state index is 13.1. The Morgan fingerprint density at radius 2 is 1.96 bits per heavy atom. The molecule has 0 aliphatic rings. The first-order valence-electron chi connectivity index (χ1n) is 7.33. The molecule has 1 amide bonds. The Kier molecular flexibility index (Phi) is 4.47. The lowest BCUT2D eigenvalue weighted by molar-refractivity contribution is -0.116. The second kappa shape index (κ2) is 6.87. The third kappa shape index (κ3) is 3.38. The molecule has 6 heteroatoms. The van der Waals surface area contributed by atoms with Crippen molar-refractivity contribution in [1.82, 2.24) is 20.3 Å². The SMILES string of the molecule is C=CC(=O)NCc1ccc(-c2ccc(F)cc2)cc1-n1ccnn1. The molecule has 0 bridgehead atoms. The standard InChI is InChI=1S/C18H15FN4O/c1-2-18(24)20-12-15-4-3-14(13-5-7-16(19)8-6-13)11-17(15)23-10-9-21-22-23/h2-11H,1,12H2,(H,20,24). The lowest BCUT2D eigenvalue weighted by Gasteiger charge is -2.12. The van der Waals surface area contributed by atoms with E-state index in [4.69, 9.17) is 0 Å². The van der Waals surface area contributed by atoms with E-state index < -0.39 is 0 Å². The summed E-state index contributed by atoms with van der Waals surface area (Å²) in [5, 5.41) is 10.6. The van der Waals surface area contributed by atoms with Crippen molar-refractivity contribution in [3.8, 4) is 16.8 Å². The second-order valence-corrected chi connectivity index (χ2v) is 5.12. The van der Waals surface area contributed by atoms with Crippen molar-refractivity contribution in [2.45, 2.75) is 6.54 Å². The third-order valence-electron chi connectivity index (χ3n) is 3.57. The van der Waals surface area contributed by atoms with Gasteiger partial charge in [0.2, 0.25) is 5.91 Å². The van der Waals surface area contributed by atoms with E-state index in [0.29, 0.717) is 6.54 Å². The van der Waals surface area contributed by atoms with Crippen LogP contribution in [0.15, 0.2) is 67.5 Å². The lowest BCUT2D eigenvalue weighted by atomic mass is 10.0. The molecule has 1 N–H and O–H groups in total. The van der Waals surface area contributed by atoms with E-state index in [1.54, 1.807) is 29.2 Å². The van der Waals surface area contributed by atoms with Gasteiger partial charge in [-0.2, -0.15) is 0 Å². The molecule has 3 aromatic rings. The number of carbonyl (C=O) groups excluding carboxylic acids is 1. The number of halogens is 1. The van der Waals surface area contributed by atoms with Gasteiger partial charge in [-0.25, -0.2) is 9.07 Å². The minimum Gasteiger partial charge on any atom is -0.348 e. The van der Waals surface area contributed by atoms with Gasteiger partial charge < -0.3 is 5.32 Å². The van der Waals surface area contributed by atoms with E-state index in [0.717, 1.165) is 22.4 Å². The quantitative estimate of drug-likeness (QED) is 0.735. The number of aromatic nitrogens is 3. The topological polar surface area (TPSA) is 59.8 Å². The summed E-state index contributed by atoms with van der Waals surface area (Å²) in [5.41, 5.74) is 3.47. The van der Waals surface area contributed by atoms with Gasteiger partial charge in [-0.1, -0.05) is 36.1 Å². The van der Waals surface area contributed by atoms with E-state index >= 15 is 0 Å². The summed E-state index contributed by atoms with van der Waals surface area (Å²) in [6, 6.07) is 12.0. The number of hydrogen-bond acceptors (Lipinski definition) is 3. The minimum atomic E-state index is -0.279. The van der Waals surface area contributed by atoms with Gasteiger partial charge in [0.05, 0.1) is 18.1 Å². The summed E-state index contributed by atoms with van der Waals surface area (Å²) < 4.78 is 14.7. The van der Waals surface area contributed by atoms with E-state index in [1.807, 2.05) is 18.2 Å². The number of rotatable bonds is 5. The largest absolute Gasteiger partial charge is 0.348 e. The minimum absolute atomic E-state index is 0.248.